The summed E-state index contributed by atoms with van der Waals surface area (Å²) in [7, 11) is 1.52. The molecule has 37 heavy (non-hydrogen) atoms. The molecule has 2 aliphatic rings. The Morgan fingerprint density at radius 1 is 1.19 bits per heavy atom. The van der Waals surface area contributed by atoms with Crippen LogP contribution in [0.3, 0.4) is 0 Å². The van der Waals surface area contributed by atoms with Crippen molar-refractivity contribution in [2.45, 2.75) is 56.5 Å². The Hall–Kier alpha value is -3.60. The SMILES string of the molecule is COc1cc(N)c2nc1N1CCC[C@H]1C/C=C\CCC(OCc1ccccc1)(C(F)(F)F)c1nnc-2o1. The molecule has 11 heteroatoms. The lowest BCUT2D eigenvalue weighted by Crippen LogP contribution is -2.45. The van der Waals surface area contributed by atoms with Crippen LogP contribution in [0.2, 0.25) is 0 Å². The third-order valence-corrected chi connectivity index (χ3v) is 6.86. The summed E-state index contributed by atoms with van der Waals surface area (Å²) in [5.74, 6) is 0.118. The molecule has 1 saturated heterocycles. The lowest BCUT2D eigenvalue weighted by Gasteiger charge is -2.32. The van der Waals surface area contributed by atoms with Gasteiger partial charge < -0.3 is 24.5 Å². The first kappa shape index (κ1) is 25.1. The van der Waals surface area contributed by atoms with Gasteiger partial charge in [0.25, 0.3) is 11.8 Å². The highest BCUT2D eigenvalue weighted by Gasteiger charge is 2.61. The van der Waals surface area contributed by atoms with Crippen molar-refractivity contribution in [2.24, 2.45) is 0 Å². The molecule has 4 bridgehead atoms. The smallest absolute Gasteiger partial charge is 0.426 e. The maximum absolute atomic E-state index is 14.8. The van der Waals surface area contributed by atoms with E-state index in [0.717, 1.165) is 19.4 Å². The molecule has 0 aliphatic carbocycles. The number of nitrogens with zero attached hydrogens (tertiary/aromatic N) is 4. The fourth-order valence-electron chi connectivity index (χ4n) is 4.89. The number of anilines is 2. The fraction of sp³-hybridized carbons (Fsp3) is 0.423. The molecule has 2 N–H and O–H groups in total. The number of benzene rings is 1. The van der Waals surface area contributed by atoms with Gasteiger partial charge in [-0.2, -0.15) is 13.2 Å². The first-order chi connectivity index (χ1) is 17.8. The second-order valence-corrected chi connectivity index (χ2v) is 9.20. The molecule has 1 aromatic carbocycles. The molecule has 5 rings (SSSR count). The van der Waals surface area contributed by atoms with Crippen LogP contribution in [0.25, 0.3) is 11.6 Å². The van der Waals surface area contributed by atoms with Gasteiger partial charge in [-0.25, -0.2) is 4.98 Å². The van der Waals surface area contributed by atoms with Gasteiger partial charge in [0.15, 0.2) is 17.3 Å². The van der Waals surface area contributed by atoms with Gasteiger partial charge in [0.05, 0.1) is 19.4 Å². The van der Waals surface area contributed by atoms with Crippen LogP contribution in [-0.4, -0.2) is 41.1 Å². The van der Waals surface area contributed by atoms with E-state index in [0.29, 0.717) is 23.6 Å². The largest absolute Gasteiger partial charge is 0.493 e. The van der Waals surface area contributed by atoms with E-state index in [9.17, 15) is 13.2 Å². The van der Waals surface area contributed by atoms with Crippen LogP contribution in [0.1, 0.15) is 43.6 Å². The minimum Gasteiger partial charge on any atom is -0.493 e. The maximum atomic E-state index is 14.8. The number of halogens is 3. The first-order valence-corrected chi connectivity index (χ1v) is 12.2. The number of hydrogen-bond acceptors (Lipinski definition) is 8. The number of ether oxygens (including phenoxy) is 2. The van der Waals surface area contributed by atoms with Gasteiger partial charge in [-0.3, -0.25) is 0 Å². The molecule has 2 aromatic heterocycles. The second-order valence-electron chi connectivity index (χ2n) is 9.20. The topological polar surface area (TPSA) is 99.5 Å². The van der Waals surface area contributed by atoms with Crippen LogP contribution in [-0.2, 0) is 16.9 Å². The summed E-state index contributed by atoms with van der Waals surface area (Å²) in [6.45, 7) is 0.483. The van der Waals surface area contributed by atoms with E-state index >= 15 is 0 Å². The van der Waals surface area contributed by atoms with E-state index in [1.807, 2.05) is 6.08 Å². The predicted molar refractivity (Wildman–Crippen MR) is 131 cm³/mol. The minimum atomic E-state index is -4.83. The molecule has 4 heterocycles. The van der Waals surface area contributed by atoms with Crippen LogP contribution in [0.4, 0.5) is 24.7 Å². The number of methoxy groups -OCH3 is 1. The summed E-state index contributed by atoms with van der Waals surface area (Å²) in [5.41, 5.74) is 4.25. The fourth-order valence-corrected chi connectivity index (χ4v) is 4.89. The number of hydrogen-bond donors (Lipinski definition) is 1. The zero-order valence-corrected chi connectivity index (χ0v) is 20.4. The van der Waals surface area contributed by atoms with Gasteiger partial charge >= 0.3 is 6.18 Å². The Kier molecular flexibility index (Phi) is 6.80. The average molecular weight is 516 g/mol. The molecule has 1 unspecified atom stereocenters. The molecular weight excluding hydrogens is 487 g/mol. The Bertz CT molecular complexity index is 1260. The molecule has 1 fully saturated rings. The highest BCUT2D eigenvalue weighted by Crippen LogP contribution is 2.47. The average Bonchev–Trinajstić information content (AvgIpc) is 3.55. The Labute approximate surface area is 212 Å². The van der Waals surface area contributed by atoms with Crippen LogP contribution in [0.15, 0.2) is 53.0 Å². The Morgan fingerprint density at radius 2 is 2.00 bits per heavy atom. The maximum Gasteiger partial charge on any atom is 0.426 e. The summed E-state index contributed by atoms with van der Waals surface area (Å²) in [6, 6.07) is 10.4. The number of alkyl halides is 3. The van der Waals surface area contributed by atoms with Crippen molar-refractivity contribution in [2.75, 3.05) is 24.3 Å². The van der Waals surface area contributed by atoms with Crippen molar-refractivity contribution in [3.63, 3.8) is 0 Å². The minimum absolute atomic E-state index is 0.104. The lowest BCUT2D eigenvalue weighted by atomic mass is 9.95. The van der Waals surface area contributed by atoms with Crippen molar-refractivity contribution in [3.05, 3.63) is 60.0 Å². The summed E-state index contributed by atoms with van der Waals surface area (Å²) in [4.78, 5) is 6.79. The number of fused-ring (bicyclic) bond motifs is 7. The molecule has 2 atom stereocenters. The number of allylic oxidation sites excluding steroid dienone is 1. The standard InChI is InChI=1S/C26H28F3N5O3/c1-35-20-15-19(30)21-23-32-33-24(37-23)25(26(27,28)29,36-16-17-9-4-2-5-10-17)13-7-3-6-11-18-12-8-14-34(18)22(20)31-21/h2-6,9-10,15,18H,7-8,11-14,16,30H2,1H3/b6-3-/t18-,25?/m1/s1. The highest BCUT2D eigenvalue weighted by atomic mass is 19.4. The molecule has 3 aromatic rings. The van der Waals surface area contributed by atoms with Crippen LogP contribution in [0.5, 0.6) is 5.75 Å². The monoisotopic (exact) mass is 515 g/mol. The third kappa shape index (κ3) is 4.75. The zero-order chi connectivity index (χ0) is 26.0. The molecule has 8 nitrogen and oxygen atoms in total. The third-order valence-electron chi connectivity index (χ3n) is 6.86. The first-order valence-electron chi connectivity index (χ1n) is 12.2. The van der Waals surface area contributed by atoms with E-state index in [1.165, 1.54) is 7.11 Å². The van der Waals surface area contributed by atoms with Crippen molar-refractivity contribution >= 4 is 11.5 Å². The molecule has 196 valence electrons. The summed E-state index contributed by atoms with van der Waals surface area (Å²) >= 11 is 0. The molecule has 0 saturated carbocycles. The normalized spacial score (nSPS) is 22.8. The van der Waals surface area contributed by atoms with Crippen molar-refractivity contribution in [3.8, 4) is 17.3 Å². The van der Waals surface area contributed by atoms with Crippen LogP contribution < -0.4 is 15.4 Å². The molecule has 0 spiro atoms. The van der Waals surface area contributed by atoms with E-state index in [2.05, 4.69) is 20.1 Å². The van der Waals surface area contributed by atoms with E-state index in [1.54, 1.807) is 42.5 Å². The van der Waals surface area contributed by atoms with E-state index in [4.69, 9.17) is 19.6 Å². The molecule has 0 radical (unpaired) electrons. The quantitative estimate of drug-likeness (QED) is 0.461. The van der Waals surface area contributed by atoms with Gasteiger partial charge in [0, 0.05) is 18.7 Å². The Morgan fingerprint density at radius 3 is 2.76 bits per heavy atom. The van der Waals surface area contributed by atoms with Crippen molar-refractivity contribution < 1.29 is 27.1 Å². The predicted octanol–water partition coefficient (Wildman–Crippen LogP) is 5.41. The van der Waals surface area contributed by atoms with Crippen molar-refractivity contribution in [1.29, 1.82) is 0 Å². The van der Waals surface area contributed by atoms with E-state index in [-0.39, 0.29) is 36.3 Å². The summed E-state index contributed by atoms with van der Waals surface area (Å²) in [5, 5.41) is 7.75. The number of aromatic nitrogens is 3. The number of nitrogens with two attached hydrogens (primary N) is 1. The Balaban J connectivity index is 1.62. The summed E-state index contributed by atoms with van der Waals surface area (Å²) < 4.78 is 61.2. The molecule has 2 aliphatic heterocycles. The van der Waals surface area contributed by atoms with Gasteiger partial charge in [0.1, 0.15) is 0 Å². The van der Waals surface area contributed by atoms with Gasteiger partial charge in [-0.1, -0.05) is 42.5 Å². The van der Waals surface area contributed by atoms with Gasteiger partial charge in [-0.05, 0) is 37.7 Å². The van der Waals surface area contributed by atoms with Gasteiger partial charge in [0.2, 0.25) is 5.60 Å². The van der Waals surface area contributed by atoms with Crippen LogP contribution >= 0.6 is 0 Å². The van der Waals surface area contributed by atoms with E-state index < -0.39 is 24.1 Å². The molecular formula is C26H28F3N5O3. The zero-order valence-electron chi connectivity index (χ0n) is 20.4. The number of pyridine rings is 1. The number of nitrogen functional groups attached to an aromatic ring is 1. The van der Waals surface area contributed by atoms with Crippen molar-refractivity contribution in [1.82, 2.24) is 15.2 Å². The lowest BCUT2D eigenvalue weighted by molar-refractivity contribution is -0.299. The number of rotatable bonds is 4. The molecule has 0 amide bonds. The van der Waals surface area contributed by atoms with Crippen LogP contribution in [0, 0.1) is 0 Å². The van der Waals surface area contributed by atoms with Gasteiger partial charge in [-0.15, -0.1) is 10.2 Å². The second kappa shape index (κ2) is 10.0. The highest BCUT2D eigenvalue weighted by molar-refractivity contribution is 5.73. The summed E-state index contributed by atoms with van der Waals surface area (Å²) in [6.07, 6.45) is 1.06.